The van der Waals surface area contributed by atoms with Crippen LogP contribution in [0.5, 0.6) is 0 Å². The van der Waals surface area contributed by atoms with E-state index in [0.717, 1.165) is 5.56 Å². The number of benzene rings is 3. The molecule has 3 N–H and O–H groups in total. The molecule has 0 saturated heterocycles. The minimum absolute atomic E-state index is 0.0167. The van der Waals surface area contributed by atoms with E-state index in [9.17, 15) is 14.4 Å². The Balaban J connectivity index is 1.56. The second kappa shape index (κ2) is 11.5. The molecule has 0 spiro atoms. The highest BCUT2D eigenvalue weighted by Crippen LogP contribution is 2.15. The molecular formula is C26H28N4O3. The molecule has 0 aliphatic rings. The molecule has 3 rings (SSSR count). The fraction of sp³-hybridized carbons (Fsp3) is 0.192. The average Bonchev–Trinajstić information content (AvgIpc) is 2.83. The number of nitrogens with one attached hydrogen (secondary N) is 3. The fourth-order valence-corrected chi connectivity index (χ4v) is 3.30. The lowest BCUT2D eigenvalue weighted by molar-refractivity contribution is -0.114. The third kappa shape index (κ3) is 6.93. The van der Waals surface area contributed by atoms with E-state index < -0.39 is 0 Å². The van der Waals surface area contributed by atoms with E-state index in [4.69, 9.17) is 0 Å². The Morgan fingerprint density at radius 3 is 2.21 bits per heavy atom. The summed E-state index contributed by atoms with van der Waals surface area (Å²) in [6, 6.07) is 23.6. The highest BCUT2D eigenvalue weighted by Gasteiger charge is 2.13. The summed E-state index contributed by atoms with van der Waals surface area (Å²) in [5, 5.41) is 8.55. The lowest BCUT2D eigenvalue weighted by atomic mass is 10.1. The van der Waals surface area contributed by atoms with Gasteiger partial charge < -0.3 is 20.9 Å². The van der Waals surface area contributed by atoms with E-state index in [1.807, 2.05) is 37.3 Å². The monoisotopic (exact) mass is 444 g/mol. The zero-order chi connectivity index (χ0) is 23.6. The fourth-order valence-electron chi connectivity index (χ4n) is 3.30. The number of amides is 3. The number of carbonyl (C=O) groups is 3. The summed E-state index contributed by atoms with van der Waals surface area (Å²) in [6.45, 7) is 2.90. The second-order valence-electron chi connectivity index (χ2n) is 7.57. The molecule has 0 radical (unpaired) electrons. The molecule has 7 nitrogen and oxygen atoms in total. The predicted octanol–water partition coefficient (Wildman–Crippen LogP) is 3.76. The molecule has 33 heavy (non-hydrogen) atoms. The number of nitrogens with zero attached hydrogens (tertiary/aromatic N) is 1. The van der Waals surface area contributed by atoms with Gasteiger partial charge in [0.15, 0.2) is 0 Å². The van der Waals surface area contributed by atoms with Crippen LogP contribution in [0.15, 0.2) is 78.9 Å². The van der Waals surface area contributed by atoms with Crippen molar-refractivity contribution in [2.24, 2.45) is 0 Å². The third-order valence-electron chi connectivity index (χ3n) is 4.92. The maximum atomic E-state index is 12.8. The maximum Gasteiger partial charge on any atom is 0.253 e. The normalized spacial score (nSPS) is 10.2. The zero-order valence-corrected chi connectivity index (χ0v) is 18.8. The van der Waals surface area contributed by atoms with Gasteiger partial charge in [-0.05, 0) is 48.9 Å². The summed E-state index contributed by atoms with van der Waals surface area (Å²) in [6.07, 6.45) is 0. The van der Waals surface area contributed by atoms with Crippen LogP contribution in [0.4, 0.5) is 11.4 Å². The quantitative estimate of drug-likeness (QED) is 0.469. The number of carbonyl (C=O) groups excluding carboxylic acids is 3. The highest BCUT2D eigenvalue weighted by molar-refractivity contribution is 5.98. The van der Waals surface area contributed by atoms with E-state index in [-0.39, 0.29) is 24.3 Å². The summed E-state index contributed by atoms with van der Waals surface area (Å²) in [5.74, 6) is -0.555. The lowest BCUT2D eigenvalue weighted by Crippen LogP contribution is -2.26. The summed E-state index contributed by atoms with van der Waals surface area (Å²) in [5.41, 5.74) is 3.27. The van der Waals surface area contributed by atoms with Crippen molar-refractivity contribution in [1.29, 1.82) is 0 Å². The average molecular weight is 445 g/mol. The molecule has 0 heterocycles. The maximum absolute atomic E-state index is 12.8. The zero-order valence-electron chi connectivity index (χ0n) is 18.8. The molecule has 0 unspecified atom stereocenters. The summed E-state index contributed by atoms with van der Waals surface area (Å²) < 4.78 is 0. The van der Waals surface area contributed by atoms with Crippen LogP contribution in [0.2, 0.25) is 0 Å². The van der Waals surface area contributed by atoms with Gasteiger partial charge in [0.05, 0.1) is 6.54 Å². The van der Waals surface area contributed by atoms with Crippen molar-refractivity contribution in [3.63, 3.8) is 0 Å². The Morgan fingerprint density at radius 2 is 1.48 bits per heavy atom. The first kappa shape index (κ1) is 23.5. The van der Waals surface area contributed by atoms with Crippen molar-refractivity contribution in [1.82, 2.24) is 10.2 Å². The lowest BCUT2D eigenvalue weighted by Gasteiger charge is -2.18. The van der Waals surface area contributed by atoms with E-state index in [0.29, 0.717) is 35.6 Å². The van der Waals surface area contributed by atoms with Crippen LogP contribution in [0.1, 0.15) is 33.2 Å². The standard InChI is InChI=1S/C26H28N4O3/c1-3-27-25(32)20-11-7-14-23(15-20)29-24(31)17-28-22-13-8-12-21(16-22)26(33)30(2)18-19-9-5-4-6-10-19/h4-16,28H,3,17-18H2,1-2H3,(H,27,32)(H,29,31). The Hall–Kier alpha value is -4.13. The van der Waals surface area contributed by atoms with Crippen molar-refractivity contribution in [3.05, 3.63) is 95.6 Å². The second-order valence-corrected chi connectivity index (χ2v) is 7.57. The molecule has 0 aliphatic carbocycles. The predicted molar refractivity (Wildman–Crippen MR) is 130 cm³/mol. The molecule has 0 aromatic heterocycles. The van der Waals surface area contributed by atoms with E-state index in [2.05, 4.69) is 16.0 Å². The Labute approximate surface area is 193 Å². The first-order valence-corrected chi connectivity index (χ1v) is 10.8. The molecule has 0 saturated carbocycles. The molecule has 0 fully saturated rings. The minimum atomic E-state index is -0.263. The van der Waals surface area contributed by atoms with E-state index in [1.165, 1.54) is 0 Å². The first-order chi connectivity index (χ1) is 16.0. The molecule has 3 aromatic carbocycles. The van der Waals surface area contributed by atoms with Crippen LogP contribution in [0, 0.1) is 0 Å². The van der Waals surface area contributed by atoms with Crippen LogP contribution in [0.25, 0.3) is 0 Å². The van der Waals surface area contributed by atoms with Crippen molar-refractivity contribution in [3.8, 4) is 0 Å². The van der Waals surface area contributed by atoms with Gasteiger partial charge in [0.2, 0.25) is 5.91 Å². The van der Waals surface area contributed by atoms with Crippen LogP contribution in [-0.4, -0.2) is 42.8 Å². The molecule has 0 atom stereocenters. The largest absolute Gasteiger partial charge is 0.376 e. The van der Waals surface area contributed by atoms with Crippen molar-refractivity contribution in [2.75, 3.05) is 30.8 Å². The molecule has 0 aliphatic heterocycles. The van der Waals surface area contributed by atoms with Gasteiger partial charge in [0.25, 0.3) is 11.8 Å². The number of hydrogen-bond acceptors (Lipinski definition) is 4. The summed E-state index contributed by atoms with van der Waals surface area (Å²) in [4.78, 5) is 38.8. The van der Waals surface area contributed by atoms with E-state index in [1.54, 1.807) is 60.5 Å². The highest BCUT2D eigenvalue weighted by atomic mass is 16.2. The molecule has 0 bridgehead atoms. The van der Waals surface area contributed by atoms with Gasteiger partial charge in [-0.15, -0.1) is 0 Å². The number of anilines is 2. The minimum Gasteiger partial charge on any atom is -0.376 e. The molecule has 3 amide bonds. The third-order valence-corrected chi connectivity index (χ3v) is 4.92. The summed E-state index contributed by atoms with van der Waals surface area (Å²) in [7, 11) is 1.76. The smallest absolute Gasteiger partial charge is 0.253 e. The van der Waals surface area contributed by atoms with Crippen LogP contribution < -0.4 is 16.0 Å². The van der Waals surface area contributed by atoms with E-state index >= 15 is 0 Å². The number of hydrogen-bond donors (Lipinski definition) is 3. The Bertz CT molecular complexity index is 1120. The van der Waals surface area contributed by atoms with Crippen molar-refractivity contribution in [2.45, 2.75) is 13.5 Å². The van der Waals surface area contributed by atoms with Gasteiger partial charge >= 0.3 is 0 Å². The topological polar surface area (TPSA) is 90.5 Å². The van der Waals surface area contributed by atoms with Gasteiger partial charge in [-0.25, -0.2) is 0 Å². The summed E-state index contributed by atoms with van der Waals surface area (Å²) >= 11 is 0. The van der Waals surface area contributed by atoms with Gasteiger partial charge in [-0.1, -0.05) is 42.5 Å². The van der Waals surface area contributed by atoms with Crippen molar-refractivity contribution >= 4 is 29.1 Å². The molecular weight excluding hydrogens is 416 g/mol. The van der Waals surface area contributed by atoms with Crippen molar-refractivity contribution < 1.29 is 14.4 Å². The van der Waals surface area contributed by atoms with Crippen LogP contribution in [0.3, 0.4) is 0 Å². The van der Waals surface area contributed by atoms with Gasteiger partial charge in [0.1, 0.15) is 0 Å². The first-order valence-electron chi connectivity index (χ1n) is 10.8. The number of rotatable bonds is 9. The van der Waals surface area contributed by atoms with Gasteiger partial charge in [0, 0.05) is 42.6 Å². The van der Waals surface area contributed by atoms with Crippen LogP contribution >= 0.6 is 0 Å². The molecule has 3 aromatic rings. The van der Waals surface area contributed by atoms with Gasteiger partial charge in [-0.2, -0.15) is 0 Å². The molecule has 7 heteroatoms. The Kier molecular flexibility index (Phi) is 8.18. The van der Waals surface area contributed by atoms with Gasteiger partial charge in [-0.3, -0.25) is 14.4 Å². The van der Waals surface area contributed by atoms with Crippen LogP contribution in [-0.2, 0) is 11.3 Å². The SMILES string of the molecule is CCNC(=O)c1cccc(NC(=O)CNc2cccc(C(=O)N(C)Cc3ccccc3)c2)c1. The molecule has 170 valence electrons. The Morgan fingerprint density at radius 1 is 0.818 bits per heavy atom.